The van der Waals surface area contributed by atoms with Gasteiger partial charge in [0.05, 0.1) is 6.04 Å². The van der Waals surface area contributed by atoms with Crippen LogP contribution in [0, 0.1) is 0 Å². The Morgan fingerprint density at radius 1 is 1.70 bits per heavy atom. The predicted octanol–water partition coefficient (Wildman–Crippen LogP) is -0.403. The minimum absolute atomic E-state index is 0. The lowest BCUT2D eigenvalue weighted by molar-refractivity contribution is -0.122. The lowest BCUT2D eigenvalue weighted by Gasteiger charge is -2.05. The van der Waals surface area contributed by atoms with Gasteiger partial charge >= 0.3 is 0 Å². The molecule has 0 aliphatic carbocycles. The van der Waals surface area contributed by atoms with Gasteiger partial charge in [-0.15, -0.1) is 0 Å². The van der Waals surface area contributed by atoms with E-state index >= 15 is 0 Å². The van der Waals surface area contributed by atoms with Gasteiger partial charge in [-0.25, -0.2) is 0 Å². The van der Waals surface area contributed by atoms with Gasteiger partial charge in [0.25, 0.3) is 0 Å². The summed E-state index contributed by atoms with van der Waals surface area (Å²) in [5.74, 6) is 0.118. The van der Waals surface area contributed by atoms with E-state index in [9.17, 15) is 4.79 Å². The number of nitrogens with one attached hydrogen (secondary N) is 2. The molecule has 1 fully saturated rings. The van der Waals surface area contributed by atoms with Gasteiger partial charge in [0.2, 0.25) is 5.91 Å². The average Bonchev–Trinajstić information content (AvgIpc) is 2.37. The van der Waals surface area contributed by atoms with Crippen LogP contribution in [-0.4, -0.2) is 25.5 Å². The summed E-state index contributed by atoms with van der Waals surface area (Å²) in [6, 6.07) is 0.0787. The molecule has 0 aromatic heterocycles. The van der Waals surface area contributed by atoms with E-state index in [1.807, 2.05) is 0 Å². The molecule has 1 saturated heterocycles. The highest BCUT2D eigenvalue weighted by Gasteiger charge is 2.19. The Labute approximate surface area is 68.0 Å². The zero-order valence-electron chi connectivity index (χ0n) is 6.11. The van der Waals surface area contributed by atoms with Crippen molar-refractivity contribution in [2.24, 2.45) is 0 Å². The number of carbonyl (C=O) groups excluding carboxylic acids is 1. The molecule has 1 rings (SSSR count). The lowest BCUT2D eigenvalue weighted by Crippen LogP contribution is -2.38. The maximum absolute atomic E-state index is 10.8. The Bertz CT molecular complexity index is 112. The Morgan fingerprint density at radius 2 is 2.40 bits per heavy atom. The van der Waals surface area contributed by atoms with E-state index in [1.165, 1.54) is 0 Å². The topological polar surface area (TPSA) is 41.1 Å². The molecule has 0 radical (unpaired) electrons. The molecule has 1 aliphatic rings. The molecule has 4 heteroatoms. The number of amides is 1. The van der Waals surface area contributed by atoms with Gasteiger partial charge < -0.3 is 10.6 Å². The summed E-state index contributed by atoms with van der Waals surface area (Å²) in [5, 5.41) is 5.70. The third-order valence-corrected chi connectivity index (χ3v) is 1.62. The molecule has 60 valence electrons. The molecule has 1 atom stereocenters. The molecular formula is C6H14N2OS. The highest BCUT2D eigenvalue weighted by atomic mass is 32.1. The zero-order chi connectivity index (χ0) is 6.69. The van der Waals surface area contributed by atoms with E-state index in [-0.39, 0.29) is 25.4 Å². The molecule has 0 aromatic rings. The number of carbonyl (C=O) groups is 1. The molecule has 0 spiro atoms. The van der Waals surface area contributed by atoms with Crippen LogP contribution >= 0.6 is 13.5 Å². The van der Waals surface area contributed by atoms with E-state index in [2.05, 4.69) is 10.6 Å². The first-order chi connectivity index (χ1) is 4.34. The standard InChI is InChI=1S/C6H12N2O.H2S/c1-7-6(9)5-3-2-4-8-5;/h5,8H,2-4H2,1H3,(H,7,9);1H2/t5-;/m0./s1. The monoisotopic (exact) mass is 162 g/mol. The van der Waals surface area contributed by atoms with Crippen LogP contribution in [0.25, 0.3) is 0 Å². The molecule has 1 aliphatic heterocycles. The van der Waals surface area contributed by atoms with Gasteiger partial charge in [-0.1, -0.05) is 0 Å². The number of rotatable bonds is 1. The predicted molar refractivity (Wildman–Crippen MR) is 45.5 cm³/mol. The van der Waals surface area contributed by atoms with Crippen molar-refractivity contribution in [3.8, 4) is 0 Å². The van der Waals surface area contributed by atoms with Crippen LogP contribution in [0.2, 0.25) is 0 Å². The second-order valence-corrected chi connectivity index (χ2v) is 2.26. The fourth-order valence-electron chi connectivity index (χ4n) is 1.08. The fraction of sp³-hybridized carbons (Fsp3) is 0.833. The molecule has 0 saturated carbocycles. The van der Waals surface area contributed by atoms with Crippen molar-refractivity contribution < 1.29 is 4.79 Å². The van der Waals surface area contributed by atoms with Gasteiger partial charge in [0.1, 0.15) is 0 Å². The number of likely N-dealkylation sites (N-methyl/N-ethyl adjacent to an activating group) is 1. The van der Waals surface area contributed by atoms with E-state index in [4.69, 9.17) is 0 Å². The van der Waals surface area contributed by atoms with Crippen LogP contribution in [-0.2, 0) is 4.79 Å². The zero-order valence-corrected chi connectivity index (χ0v) is 7.11. The van der Waals surface area contributed by atoms with Gasteiger partial charge in [0.15, 0.2) is 0 Å². The third-order valence-electron chi connectivity index (χ3n) is 1.62. The second-order valence-electron chi connectivity index (χ2n) is 2.26. The highest BCUT2D eigenvalue weighted by Crippen LogP contribution is 2.03. The van der Waals surface area contributed by atoms with Crippen LogP contribution in [0.5, 0.6) is 0 Å². The molecule has 0 unspecified atom stereocenters. The first-order valence-corrected chi connectivity index (χ1v) is 3.29. The maximum Gasteiger partial charge on any atom is 0.236 e. The SMILES string of the molecule is CNC(=O)[C@@H]1CCCN1.S. The molecule has 0 bridgehead atoms. The quantitative estimate of drug-likeness (QED) is 0.551. The van der Waals surface area contributed by atoms with E-state index in [0.717, 1.165) is 19.4 Å². The largest absolute Gasteiger partial charge is 0.358 e. The van der Waals surface area contributed by atoms with Crippen LogP contribution in [0.15, 0.2) is 0 Å². The van der Waals surface area contributed by atoms with E-state index in [1.54, 1.807) is 7.05 Å². The molecule has 1 amide bonds. The van der Waals surface area contributed by atoms with Crippen LogP contribution in [0.3, 0.4) is 0 Å². The normalized spacial score (nSPS) is 23.5. The molecule has 1 heterocycles. The summed E-state index contributed by atoms with van der Waals surface area (Å²) in [6.45, 7) is 0.984. The Morgan fingerprint density at radius 3 is 2.80 bits per heavy atom. The minimum Gasteiger partial charge on any atom is -0.358 e. The fourth-order valence-corrected chi connectivity index (χ4v) is 1.08. The summed E-state index contributed by atoms with van der Waals surface area (Å²) in [6.07, 6.45) is 2.11. The Hall–Kier alpha value is -0.220. The summed E-state index contributed by atoms with van der Waals surface area (Å²) in [4.78, 5) is 10.8. The lowest BCUT2D eigenvalue weighted by atomic mass is 10.2. The van der Waals surface area contributed by atoms with Crippen molar-refractivity contribution in [1.82, 2.24) is 10.6 Å². The third kappa shape index (κ3) is 2.19. The van der Waals surface area contributed by atoms with Crippen LogP contribution in [0.1, 0.15) is 12.8 Å². The summed E-state index contributed by atoms with van der Waals surface area (Å²) in [7, 11) is 1.67. The van der Waals surface area contributed by atoms with Crippen molar-refractivity contribution >= 4 is 19.4 Å². The Balaban J connectivity index is 0.000000810. The van der Waals surface area contributed by atoms with Crippen molar-refractivity contribution in [3.63, 3.8) is 0 Å². The van der Waals surface area contributed by atoms with E-state index < -0.39 is 0 Å². The molecule has 3 nitrogen and oxygen atoms in total. The molecule has 0 aromatic carbocycles. The smallest absolute Gasteiger partial charge is 0.236 e. The Kier molecular flexibility index (Phi) is 4.47. The number of hydrogen-bond donors (Lipinski definition) is 2. The minimum atomic E-state index is 0. The van der Waals surface area contributed by atoms with Crippen molar-refractivity contribution in [2.75, 3.05) is 13.6 Å². The van der Waals surface area contributed by atoms with Gasteiger partial charge in [0, 0.05) is 7.05 Å². The summed E-state index contributed by atoms with van der Waals surface area (Å²) in [5.41, 5.74) is 0. The molecular weight excluding hydrogens is 148 g/mol. The number of hydrogen-bond acceptors (Lipinski definition) is 2. The van der Waals surface area contributed by atoms with E-state index in [0.29, 0.717) is 0 Å². The highest BCUT2D eigenvalue weighted by molar-refractivity contribution is 7.59. The molecule has 10 heavy (non-hydrogen) atoms. The average molecular weight is 162 g/mol. The van der Waals surface area contributed by atoms with Crippen molar-refractivity contribution in [3.05, 3.63) is 0 Å². The van der Waals surface area contributed by atoms with Crippen molar-refractivity contribution in [1.29, 1.82) is 0 Å². The maximum atomic E-state index is 10.8. The van der Waals surface area contributed by atoms with Gasteiger partial charge in [-0.05, 0) is 19.4 Å². The molecule has 2 N–H and O–H groups in total. The first-order valence-electron chi connectivity index (χ1n) is 3.29. The first kappa shape index (κ1) is 9.78. The summed E-state index contributed by atoms with van der Waals surface area (Å²) < 4.78 is 0. The van der Waals surface area contributed by atoms with Gasteiger partial charge in [-0.3, -0.25) is 4.79 Å². The van der Waals surface area contributed by atoms with Crippen molar-refractivity contribution in [2.45, 2.75) is 18.9 Å². The van der Waals surface area contributed by atoms with Crippen LogP contribution in [0.4, 0.5) is 0 Å². The second kappa shape index (κ2) is 4.57. The van der Waals surface area contributed by atoms with Gasteiger partial charge in [-0.2, -0.15) is 13.5 Å². The van der Waals surface area contributed by atoms with Crippen LogP contribution < -0.4 is 10.6 Å². The summed E-state index contributed by atoms with van der Waals surface area (Å²) >= 11 is 0.